The van der Waals surface area contributed by atoms with E-state index in [1.54, 1.807) is 0 Å². The Morgan fingerprint density at radius 1 is 1.39 bits per heavy atom. The number of hydrogen-bond acceptors (Lipinski definition) is 3. The maximum Gasteiger partial charge on any atom is 0.323 e. The van der Waals surface area contributed by atoms with Crippen molar-refractivity contribution in [2.24, 2.45) is 11.7 Å². The summed E-state index contributed by atoms with van der Waals surface area (Å²) >= 11 is 0. The first kappa shape index (κ1) is 15.4. The number of nitrogens with zero attached hydrogens (tertiary/aromatic N) is 1. The van der Waals surface area contributed by atoms with Crippen LogP contribution < -0.4 is 5.73 Å². The van der Waals surface area contributed by atoms with Crippen molar-refractivity contribution in [3.8, 4) is 0 Å². The van der Waals surface area contributed by atoms with Crippen LogP contribution in [0.25, 0.3) is 0 Å². The highest BCUT2D eigenvalue weighted by molar-refractivity contribution is 5.78. The van der Waals surface area contributed by atoms with Crippen LogP contribution in [-0.2, 0) is 4.79 Å². The zero-order valence-corrected chi connectivity index (χ0v) is 11.8. The maximum atomic E-state index is 11.1. The van der Waals surface area contributed by atoms with E-state index >= 15 is 0 Å². The van der Waals surface area contributed by atoms with E-state index < -0.39 is 11.5 Å². The first-order valence-electron chi connectivity index (χ1n) is 7.26. The van der Waals surface area contributed by atoms with Gasteiger partial charge in [-0.3, -0.25) is 4.79 Å². The van der Waals surface area contributed by atoms with Crippen LogP contribution in [0.4, 0.5) is 0 Å². The van der Waals surface area contributed by atoms with Gasteiger partial charge in [-0.2, -0.15) is 0 Å². The van der Waals surface area contributed by atoms with Gasteiger partial charge in [-0.1, -0.05) is 20.3 Å². The summed E-state index contributed by atoms with van der Waals surface area (Å²) in [6.45, 7) is 7.42. The first-order valence-corrected chi connectivity index (χ1v) is 7.26. The van der Waals surface area contributed by atoms with Crippen LogP contribution >= 0.6 is 0 Å². The molecule has 0 saturated carbocycles. The molecule has 18 heavy (non-hydrogen) atoms. The normalized spacial score (nSPS) is 21.7. The van der Waals surface area contributed by atoms with Gasteiger partial charge in [-0.05, 0) is 57.7 Å². The number of carboxylic acids is 1. The van der Waals surface area contributed by atoms with Crippen LogP contribution in [0.3, 0.4) is 0 Å². The van der Waals surface area contributed by atoms with Gasteiger partial charge in [0.05, 0.1) is 0 Å². The molecule has 0 aromatic heterocycles. The summed E-state index contributed by atoms with van der Waals surface area (Å²) in [6.07, 6.45) is 5.82. The highest BCUT2D eigenvalue weighted by Crippen LogP contribution is 2.21. The number of carbonyl (C=O) groups is 1. The van der Waals surface area contributed by atoms with Crippen LogP contribution in [0, 0.1) is 5.92 Å². The zero-order valence-electron chi connectivity index (χ0n) is 11.8. The van der Waals surface area contributed by atoms with E-state index in [0.29, 0.717) is 12.8 Å². The van der Waals surface area contributed by atoms with Crippen molar-refractivity contribution in [1.29, 1.82) is 0 Å². The third kappa shape index (κ3) is 4.25. The number of hydrogen-bond donors (Lipinski definition) is 2. The minimum Gasteiger partial charge on any atom is -0.480 e. The molecule has 0 radical (unpaired) electrons. The van der Waals surface area contributed by atoms with Gasteiger partial charge in [-0.15, -0.1) is 0 Å². The molecule has 1 atom stereocenters. The molecule has 0 spiro atoms. The summed E-state index contributed by atoms with van der Waals surface area (Å²) in [4.78, 5) is 13.5. The Bertz CT molecular complexity index is 263. The number of aliphatic carboxylic acids is 1. The molecule has 106 valence electrons. The molecule has 1 aliphatic rings. The van der Waals surface area contributed by atoms with Crippen LogP contribution in [0.5, 0.6) is 0 Å². The van der Waals surface area contributed by atoms with Crippen LogP contribution in [0.2, 0.25) is 0 Å². The van der Waals surface area contributed by atoms with Gasteiger partial charge in [0, 0.05) is 0 Å². The van der Waals surface area contributed by atoms with Crippen molar-refractivity contribution in [2.45, 2.75) is 57.9 Å². The lowest BCUT2D eigenvalue weighted by atomic mass is 9.91. The van der Waals surface area contributed by atoms with E-state index in [2.05, 4.69) is 11.8 Å². The standard InChI is InChI=1S/C14H28N2O2/c1-3-12-6-10-16(11-7-12)9-5-8-14(15,4-2)13(17)18/h12H,3-11,15H2,1-2H3,(H,17,18). The number of nitrogens with two attached hydrogens (primary N) is 1. The molecule has 4 nitrogen and oxygen atoms in total. The van der Waals surface area contributed by atoms with Gasteiger partial charge in [0.25, 0.3) is 0 Å². The van der Waals surface area contributed by atoms with E-state index in [0.717, 1.165) is 32.0 Å². The van der Waals surface area contributed by atoms with Crippen molar-refractivity contribution in [3.63, 3.8) is 0 Å². The second kappa shape index (κ2) is 7.10. The predicted octanol–water partition coefficient (Wildman–Crippen LogP) is 2.08. The average Bonchev–Trinajstić information content (AvgIpc) is 2.39. The van der Waals surface area contributed by atoms with Gasteiger partial charge in [0.1, 0.15) is 5.54 Å². The van der Waals surface area contributed by atoms with Crippen LogP contribution in [0.15, 0.2) is 0 Å². The Morgan fingerprint density at radius 2 is 2.00 bits per heavy atom. The molecule has 1 rings (SSSR count). The van der Waals surface area contributed by atoms with Gasteiger partial charge in [0.2, 0.25) is 0 Å². The lowest BCUT2D eigenvalue weighted by molar-refractivity contribution is -0.143. The zero-order chi connectivity index (χ0) is 13.6. The van der Waals surface area contributed by atoms with Crippen molar-refractivity contribution in [1.82, 2.24) is 4.90 Å². The van der Waals surface area contributed by atoms with Crippen LogP contribution in [0.1, 0.15) is 52.4 Å². The van der Waals surface area contributed by atoms with Gasteiger partial charge in [-0.25, -0.2) is 0 Å². The minimum absolute atomic E-state index is 0.500. The lowest BCUT2D eigenvalue weighted by Gasteiger charge is -2.32. The number of rotatable bonds is 7. The minimum atomic E-state index is -1.03. The molecule has 1 heterocycles. The quantitative estimate of drug-likeness (QED) is 0.732. The third-order valence-electron chi connectivity index (χ3n) is 4.44. The molecule has 0 aromatic carbocycles. The monoisotopic (exact) mass is 256 g/mol. The van der Waals surface area contributed by atoms with Gasteiger partial charge < -0.3 is 15.7 Å². The number of likely N-dealkylation sites (tertiary alicyclic amines) is 1. The molecule has 1 unspecified atom stereocenters. The smallest absolute Gasteiger partial charge is 0.323 e. The Kier molecular flexibility index (Phi) is 6.09. The fraction of sp³-hybridized carbons (Fsp3) is 0.929. The van der Waals surface area contributed by atoms with E-state index in [9.17, 15) is 4.79 Å². The lowest BCUT2D eigenvalue weighted by Crippen LogP contribution is -2.48. The van der Waals surface area contributed by atoms with Crippen LogP contribution in [-0.4, -0.2) is 41.1 Å². The van der Waals surface area contributed by atoms with E-state index in [4.69, 9.17) is 10.8 Å². The fourth-order valence-corrected chi connectivity index (χ4v) is 2.67. The van der Waals surface area contributed by atoms with Crippen molar-refractivity contribution >= 4 is 5.97 Å². The highest BCUT2D eigenvalue weighted by atomic mass is 16.4. The molecule has 1 saturated heterocycles. The van der Waals surface area contributed by atoms with Crippen molar-refractivity contribution in [3.05, 3.63) is 0 Å². The first-order chi connectivity index (χ1) is 8.51. The van der Waals surface area contributed by atoms with E-state index in [1.165, 1.54) is 19.3 Å². The predicted molar refractivity (Wildman–Crippen MR) is 73.5 cm³/mol. The summed E-state index contributed by atoms with van der Waals surface area (Å²) in [5.74, 6) is 0.0270. The number of carboxylic acid groups (broad SMARTS) is 1. The summed E-state index contributed by atoms with van der Waals surface area (Å²) < 4.78 is 0. The second-order valence-corrected chi connectivity index (χ2v) is 5.61. The summed E-state index contributed by atoms with van der Waals surface area (Å²) in [7, 11) is 0. The van der Waals surface area contributed by atoms with Crippen molar-refractivity contribution in [2.75, 3.05) is 19.6 Å². The molecule has 0 amide bonds. The van der Waals surface area contributed by atoms with E-state index in [1.807, 2.05) is 6.92 Å². The Morgan fingerprint density at radius 3 is 2.44 bits per heavy atom. The molecule has 3 N–H and O–H groups in total. The molecular formula is C14H28N2O2. The van der Waals surface area contributed by atoms with Gasteiger partial charge >= 0.3 is 5.97 Å². The van der Waals surface area contributed by atoms with Gasteiger partial charge in [0.15, 0.2) is 0 Å². The van der Waals surface area contributed by atoms with E-state index in [-0.39, 0.29) is 0 Å². The molecule has 0 aliphatic carbocycles. The maximum absolute atomic E-state index is 11.1. The summed E-state index contributed by atoms with van der Waals surface area (Å²) in [5, 5.41) is 9.10. The molecular weight excluding hydrogens is 228 g/mol. The largest absolute Gasteiger partial charge is 0.480 e. The summed E-state index contributed by atoms with van der Waals surface area (Å²) in [6, 6.07) is 0. The molecule has 4 heteroatoms. The molecule has 0 bridgehead atoms. The number of piperidine rings is 1. The SMILES string of the molecule is CCC1CCN(CCCC(N)(CC)C(=O)O)CC1. The third-order valence-corrected chi connectivity index (χ3v) is 4.44. The topological polar surface area (TPSA) is 66.6 Å². The van der Waals surface area contributed by atoms with Crippen molar-refractivity contribution < 1.29 is 9.90 Å². The Balaban J connectivity index is 2.24. The molecule has 1 aliphatic heterocycles. The molecule has 1 fully saturated rings. The highest BCUT2D eigenvalue weighted by Gasteiger charge is 2.31. The Labute approximate surface area is 111 Å². The summed E-state index contributed by atoms with van der Waals surface area (Å²) in [5.41, 5.74) is 4.86. The fourth-order valence-electron chi connectivity index (χ4n) is 2.67. The molecule has 0 aromatic rings. The Hall–Kier alpha value is -0.610. The second-order valence-electron chi connectivity index (χ2n) is 5.61. The average molecular weight is 256 g/mol.